The van der Waals surface area contributed by atoms with Crippen LogP contribution < -0.4 is 10.2 Å². The Morgan fingerprint density at radius 1 is 1.46 bits per heavy atom. The third-order valence-electron chi connectivity index (χ3n) is 4.03. The molecule has 0 saturated heterocycles. The number of carbonyl (C=O) groups is 1. The van der Waals surface area contributed by atoms with Gasteiger partial charge in [-0.05, 0) is 11.6 Å². The number of carbonyl (C=O) groups excluding carboxylic acids is 1. The van der Waals surface area contributed by atoms with Gasteiger partial charge in [-0.25, -0.2) is 4.79 Å². The van der Waals surface area contributed by atoms with Crippen molar-refractivity contribution in [3.8, 4) is 0 Å². The van der Waals surface area contributed by atoms with Crippen LogP contribution in [0.3, 0.4) is 0 Å². The lowest BCUT2D eigenvalue weighted by molar-refractivity contribution is 0.196. The van der Waals surface area contributed by atoms with Crippen molar-refractivity contribution in [2.24, 2.45) is 0 Å². The Balaban J connectivity index is 1.88. The van der Waals surface area contributed by atoms with E-state index in [1.807, 2.05) is 38.1 Å². The molecule has 1 aliphatic rings. The van der Waals surface area contributed by atoms with Gasteiger partial charge in [-0.1, -0.05) is 37.2 Å². The van der Waals surface area contributed by atoms with E-state index in [2.05, 4.69) is 15.5 Å². The summed E-state index contributed by atoms with van der Waals surface area (Å²) in [5.41, 5.74) is 1.98. The van der Waals surface area contributed by atoms with Crippen molar-refractivity contribution in [3.63, 3.8) is 0 Å². The summed E-state index contributed by atoms with van der Waals surface area (Å²) < 4.78 is 10.3. The summed E-state index contributed by atoms with van der Waals surface area (Å²) in [5.74, 6) is 1.27. The Hall–Kier alpha value is -2.41. The first kappa shape index (κ1) is 16.4. The zero-order valence-corrected chi connectivity index (χ0v) is 14.2. The van der Waals surface area contributed by atoms with Crippen LogP contribution >= 0.6 is 0 Å². The molecular weight excluding hydrogens is 308 g/mol. The number of hydrogen-bond acceptors (Lipinski definition) is 5. The Morgan fingerprint density at radius 2 is 2.25 bits per heavy atom. The molecule has 0 fully saturated rings. The minimum absolute atomic E-state index is 0.152. The van der Waals surface area contributed by atoms with Gasteiger partial charge in [0.15, 0.2) is 5.82 Å². The lowest BCUT2D eigenvalue weighted by Gasteiger charge is -2.23. The number of anilines is 1. The molecule has 2 amide bonds. The van der Waals surface area contributed by atoms with E-state index in [-0.39, 0.29) is 18.0 Å². The monoisotopic (exact) mass is 330 g/mol. The number of nitrogens with one attached hydrogen (secondary N) is 1. The predicted molar refractivity (Wildman–Crippen MR) is 89.0 cm³/mol. The summed E-state index contributed by atoms with van der Waals surface area (Å²) in [5, 5.41) is 6.97. The lowest BCUT2D eigenvalue weighted by atomic mass is 10.1. The molecule has 1 unspecified atom stereocenters. The first-order chi connectivity index (χ1) is 11.6. The van der Waals surface area contributed by atoms with Crippen molar-refractivity contribution in [3.05, 3.63) is 41.5 Å². The smallest absolute Gasteiger partial charge is 0.322 e. The van der Waals surface area contributed by atoms with Crippen molar-refractivity contribution < 1.29 is 14.1 Å². The molecular formula is C17H22N4O3. The summed E-state index contributed by atoms with van der Waals surface area (Å²) in [6.07, 6.45) is 0.672. The molecule has 0 radical (unpaired) electrons. The zero-order valence-electron chi connectivity index (χ0n) is 14.2. The average molecular weight is 330 g/mol. The molecule has 2 heterocycles. The number of benzene rings is 1. The van der Waals surface area contributed by atoms with Crippen LogP contribution in [0.15, 0.2) is 28.8 Å². The summed E-state index contributed by atoms with van der Waals surface area (Å²) >= 11 is 0. The number of para-hydroxylation sites is 1. The number of ether oxygens (including phenoxy) is 1. The molecule has 3 rings (SSSR count). The fourth-order valence-electron chi connectivity index (χ4n) is 2.81. The molecule has 7 heteroatoms. The third-order valence-corrected chi connectivity index (χ3v) is 4.03. The van der Waals surface area contributed by atoms with Crippen molar-refractivity contribution in [1.82, 2.24) is 15.5 Å². The number of hydrogen-bond donors (Lipinski definition) is 1. The van der Waals surface area contributed by atoms with Crippen LogP contribution in [0.5, 0.6) is 0 Å². The molecule has 0 saturated carbocycles. The Kier molecular flexibility index (Phi) is 4.80. The van der Waals surface area contributed by atoms with Gasteiger partial charge < -0.3 is 14.6 Å². The molecule has 2 aromatic rings. The van der Waals surface area contributed by atoms with Crippen molar-refractivity contribution in [1.29, 1.82) is 0 Å². The normalized spacial score (nSPS) is 16.5. The lowest BCUT2D eigenvalue weighted by Crippen LogP contribution is -2.42. The number of fused-ring (bicyclic) bond motifs is 1. The molecule has 7 nitrogen and oxygen atoms in total. The zero-order chi connectivity index (χ0) is 17.1. The second kappa shape index (κ2) is 7.00. The Bertz CT molecular complexity index is 713. The molecule has 24 heavy (non-hydrogen) atoms. The second-order valence-corrected chi connectivity index (χ2v) is 6.09. The SMILES string of the molecule is COCCNC(=O)N1c2ccccc2CC1c1noc(C(C)C)n1. The van der Waals surface area contributed by atoms with Gasteiger partial charge in [0.2, 0.25) is 5.89 Å². The highest BCUT2D eigenvalue weighted by Crippen LogP contribution is 2.39. The molecule has 1 aliphatic heterocycles. The first-order valence-corrected chi connectivity index (χ1v) is 8.09. The standard InChI is InChI=1S/C17H22N4O3/c1-11(2)16-19-15(20-24-16)14-10-12-6-4-5-7-13(12)21(14)17(22)18-8-9-23-3/h4-7,11,14H,8-10H2,1-3H3,(H,18,22). The van der Waals surface area contributed by atoms with Crippen LogP contribution in [0.1, 0.15) is 43.1 Å². The summed E-state index contributed by atoms with van der Waals surface area (Å²) in [6, 6.07) is 7.41. The van der Waals surface area contributed by atoms with Crippen LogP contribution in [0.25, 0.3) is 0 Å². The topological polar surface area (TPSA) is 80.5 Å². The largest absolute Gasteiger partial charge is 0.383 e. The number of aromatic nitrogens is 2. The van der Waals surface area contributed by atoms with Gasteiger partial charge in [0.25, 0.3) is 0 Å². The number of urea groups is 1. The van der Waals surface area contributed by atoms with Crippen LogP contribution in [0, 0.1) is 0 Å². The van der Waals surface area contributed by atoms with Gasteiger partial charge in [-0.3, -0.25) is 4.90 Å². The van der Waals surface area contributed by atoms with Gasteiger partial charge in [0, 0.05) is 31.7 Å². The fraction of sp³-hybridized carbons (Fsp3) is 0.471. The Labute approximate surface area is 141 Å². The minimum Gasteiger partial charge on any atom is -0.383 e. The fourth-order valence-corrected chi connectivity index (χ4v) is 2.81. The van der Waals surface area contributed by atoms with E-state index in [0.717, 1.165) is 11.3 Å². The number of rotatable bonds is 5. The van der Waals surface area contributed by atoms with Crippen LogP contribution in [0.2, 0.25) is 0 Å². The molecule has 128 valence electrons. The van der Waals surface area contributed by atoms with E-state index in [0.29, 0.717) is 31.3 Å². The van der Waals surface area contributed by atoms with E-state index in [4.69, 9.17) is 9.26 Å². The quantitative estimate of drug-likeness (QED) is 0.853. The maximum atomic E-state index is 12.7. The van der Waals surface area contributed by atoms with Gasteiger partial charge in [0.05, 0.1) is 6.61 Å². The van der Waals surface area contributed by atoms with Gasteiger partial charge in [0.1, 0.15) is 6.04 Å². The van der Waals surface area contributed by atoms with E-state index in [9.17, 15) is 4.79 Å². The Morgan fingerprint density at radius 3 is 2.96 bits per heavy atom. The highest BCUT2D eigenvalue weighted by Gasteiger charge is 2.37. The van der Waals surface area contributed by atoms with Crippen LogP contribution in [-0.2, 0) is 11.2 Å². The van der Waals surface area contributed by atoms with Crippen molar-refractivity contribution >= 4 is 11.7 Å². The maximum absolute atomic E-state index is 12.7. The van der Waals surface area contributed by atoms with Crippen molar-refractivity contribution in [2.75, 3.05) is 25.2 Å². The summed E-state index contributed by atoms with van der Waals surface area (Å²) in [7, 11) is 1.60. The maximum Gasteiger partial charge on any atom is 0.322 e. The van der Waals surface area contributed by atoms with E-state index >= 15 is 0 Å². The van der Waals surface area contributed by atoms with E-state index in [1.165, 1.54) is 0 Å². The number of amides is 2. The first-order valence-electron chi connectivity index (χ1n) is 8.09. The highest BCUT2D eigenvalue weighted by atomic mass is 16.5. The molecule has 1 aromatic heterocycles. The molecule has 0 spiro atoms. The van der Waals surface area contributed by atoms with E-state index < -0.39 is 0 Å². The number of nitrogens with zero attached hydrogens (tertiary/aromatic N) is 3. The van der Waals surface area contributed by atoms with E-state index in [1.54, 1.807) is 12.0 Å². The summed E-state index contributed by atoms with van der Waals surface area (Å²) in [6.45, 7) is 4.90. The third kappa shape index (κ3) is 3.12. The van der Waals surface area contributed by atoms with Crippen molar-refractivity contribution in [2.45, 2.75) is 32.2 Å². The van der Waals surface area contributed by atoms with Gasteiger partial charge >= 0.3 is 6.03 Å². The van der Waals surface area contributed by atoms with Gasteiger partial charge in [-0.2, -0.15) is 4.98 Å². The molecule has 0 bridgehead atoms. The number of methoxy groups -OCH3 is 1. The second-order valence-electron chi connectivity index (χ2n) is 6.09. The predicted octanol–water partition coefficient (Wildman–Crippen LogP) is 2.65. The molecule has 1 atom stereocenters. The van der Waals surface area contributed by atoms with Gasteiger partial charge in [-0.15, -0.1) is 0 Å². The average Bonchev–Trinajstić information content (AvgIpc) is 3.19. The molecule has 0 aliphatic carbocycles. The molecule has 1 N–H and O–H groups in total. The summed E-state index contributed by atoms with van der Waals surface area (Å²) in [4.78, 5) is 18.9. The minimum atomic E-state index is -0.263. The molecule has 1 aromatic carbocycles. The van der Waals surface area contributed by atoms with Crippen LogP contribution in [-0.4, -0.2) is 36.4 Å². The highest BCUT2D eigenvalue weighted by molar-refractivity contribution is 5.95. The van der Waals surface area contributed by atoms with Crippen LogP contribution in [0.4, 0.5) is 10.5 Å².